The first-order valence-electron chi connectivity index (χ1n) is 7.26. The van der Waals surface area contributed by atoms with Crippen LogP contribution in [0.25, 0.3) is 10.9 Å². The van der Waals surface area contributed by atoms with E-state index in [0.29, 0.717) is 22.9 Å². The summed E-state index contributed by atoms with van der Waals surface area (Å²) >= 11 is 0. The van der Waals surface area contributed by atoms with Crippen LogP contribution in [0.3, 0.4) is 0 Å². The van der Waals surface area contributed by atoms with Crippen molar-refractivity contribution in [1.29, 1.82) is 0 Å². The average Bonchev–Trinajstić information content (AvgIpc) is 2.48. The minimum absolute atomic E-state index is 0.232. The van der Waals surface area contributed by atoms with Crippen LogP contribution in [0.2, 0.25) is 0 Å². The van der Waals surface area contributed by atoms with Crippen LogP contribution in [-0.2, 0) is 0 Å². The van der Waals surface area contributed by atoms with Gasteiger partial charge in [-0.1, -0.05) is 31.0 Å². The Labute approximate surface area is 122 Å². The molecule has 0 spiro atoms. The number of H-pyrrole nitrogens is 1. The zero-order valence-electron chi connectivity index (χ0n) is 11.6. The van der Waals surface area contributed by atoms with Gasteiger partial charge < -0.3 is 15.4 Å². The summed E-state index contributed by atoms with van der Waals surface area (Å²) in [6.07, 6.45) is 2.96. The highest BCUT2D eigenvalue weighted by Gasteiger charge is 2.25. The number of hydrogen-bond acceptors (Lipinski definition) is 3. The smallest absolute Gasteiger partial charge is 0.252 e. The Morgan fingerprint density at radius 3 is 2.81 bits per heavy atom. The summed E-state index contributed by atoms with van der Waals surface area (Å²) in [7, 11) is 0. The van der Waals surface area contributed by atoms with Crippen LogP contribution in [0.5, 0.6) is 0 Å². The first-order valence-corrected chi connectivity index (χ1v) is 7.26. The summed E-state index contributed by atoms with van der Waals surface area (Å²) in [6, 6.07) is 8.29. The van der Waals surface area contributed by atoms with Gasteiger partial charge >= 0.3 is 0 Å². The number of aromatic nitrogens is 1. The van der Waals surface area contributed by atoms with Crippen LogP contribution >= 0.6 is 0 Å². The van der Waals surface area contributed by atoms with E-state index in [1.807, 2.05) is 12.1 Å². The van der Waals surface area contributed by atoms with Crippen molar-refractivity contribution in [2.24, 2.45) is 0 Å². The number of benzene rings is 1. The highest BCUT2D eigenvalue weighted by molar-refractivity contribution is 6.06. The third-order valence-corrected chi connectivity index (χ3v) is 4.04. The Morgan fingerprint density at radius 1 is 1.24 bits per heavy atom. The molecule has 1 saturated carbocycles. The van der Waals surface area contributed by atoms with Crippen LogP contribution in [0.15, 0.2) is 35.1 Å². The topological polar surface area (TPSA) is 82.2 Å². The second-order valence-corrected chi connectivity index (χ2v) is 5.52. The number of nitrogens with one attached hydrogen (secondary N) is 2. The molecular formula is C16H18N2O3. The van der Waals surface area contributed by atoms with Crippen molar-refractivity contribution in [2.75, 3.05) is 0 Å². The number of carbonyl (C=O) groups is 1. The average molecular weight is 286 g/mol. The van der Waals surface area contributed by atoms with Gasteiger partial charge in [-0.3, -0.25) is 9.59 Å². The fourth-order valence-electron chi connectivity index (χ4n) is 2.92. The number of aliphatic hydroxyl groups excluding tert-OH is 1. The fraction of sp³-hybridized carbons (Fsp3) is 0.375. The highest BCUT2D eigenvalue weighted by Crippen LogP contribution is 2.20. The zero-order chi connectivity index (χ0) is 14.8. The summed E-state index contributed by atoms with van der Waals surface area (Å²) in [5.41, 5.74) is 0.689. The third kappa shape index (κ3) is 2.83. The van der Waals surface area contributed by atoms with Crippen molar-refractivity contribution >= 4 is 16.8 Å². The van der Waals surface area contributed by atoms with Gasteiger partial charge in [-0.15, -0.1) is 0 Å². The van der Waals surface area contributed by atoms with E-state index in [9.17, 15) is 14.7 Å². The molecule has 5 nitrogen and oxygen atoms in total. The molecule has 1 aliphatic rings. The van der Waals surface area contributed by atoms with Crippen molar-refractivity contribution in [1.82, 2.24) is 10.3 Å². The molecule has 21 heavy (non-hydrogen) atoms. The minimum Gasteiger partial charge on any atom is -0.391 e. The van der Waals surface area contributed by atoms with Gasteiger partial charge in [0.2, 0.25) is 5.56 Å². The number of carbonyl (C=O) groups excluding carboxylic acids is 1. The van der Waals surface area contributed by atoms with Crippen LogP contribution in [0.1, 0.15) is 36.0 Å². The van der Waals surface area contributed by atoms with E-state index in [1.54, 1.807) is 12.1 Å². The summed E-state index contributed by atoms with van der Waals surface area (Å²) < 4.78 is 0. The molecule has 1 aromatic heterocycles. The number of fused-ring (bicyclic) bond motifs is 1. The van der Waals surface area contributed by atoms with Gasteiger partial charge in [0.15, 0.2) is 0 Å². The van der Waals surface area contributed by atoms with Crippen LogP contribution in [0, 0.1) is 0 Å². The Morgan fingerprint density at radius 2 is 2.00 bits per heavy atom. The molecular weight excluding hydrogens is 268 g/mol. The third-order valence-electron chi connectivity index (χ3n) is 4.04. The predicted molar refractivity (Wildman–Crippen MR) is 80.3 cm³/mol. The number of rotatable bonds is 2. The molecule has 0 bridgehead atoms. The molecule has 3 N–H and O–H groups in total. The SMILES string of the molecule is O=C(NC1CCCCC1O)c1cc(=O)[nH]c2ccccc12. The van der Waals surface area contributed by atoms with Crippen LogP contribution < -0.4 is 10.9 Å². The molecule has 1 heterocycles. The molecule has 0 aliphatic heterocycles. The van der Waals surface area contributed by atoms with Gasteiger partial charge in [0, 0.05) is 17.0 Å². The first kappa shape index (κ1) is 13.8. The van der Waals surface area contributed by atoms with E-state index in [4.69, 9.17) is 0 Å². The van der Waals surface area contributed by atoms with Crippen LogP contribution in [-0.4, -0.2) is 28.1 Å². The minimum atomic E-state index is -0.504. The van der Waals surface area contributed by atoms with E-state index < -0.39 is 6.10 Å². The normalized spacial score (nSPS) is 22.1. The lowest BCUT2D eigenvalue weighted by molar-refractivity contribution is 0.0718. The lowest BCUT2D eigenvalue weighted by Gasteiger charge is -2.28. The Hall–Kier alpha value is -2.14. The maximum Gasteiger partial charge on any atom is 0.252 e. The highest BCUT2D eigenvalue weighted by atomic mass is 16.3. The molecule has 2 aromatic rings. The number of hydrogen-bond donors (Lipinski definition) is 3. The summed E-state index contributed by atoms with van der Waals surface area (Å²) in [5, 5.41) is 13.5. The maximum absolute atomic E-state index is 12.4. The predicted octanol–water partition coefficient (Wildman–Crippen LogP) is 1.56. The Balaban J connectivity index is 1.92. The second kappa shape index (κ2) is 5.69. The van der Waals surface area contributed by atoms with Crippen molar-refractivity contribution < 1.29 is 9.90 Å². The Bertz CT molecular complexity index is 723. The summed E-state index contributed by atoms with van der Waals surface area (Å²) in [5.74, 6) is -0.303. The van der Waals surface area contributed by atoms with Crippen molar-refractivity contribution in [3.8, 4) is 0 Å². The monoisotopic (exact) mass is 286 g/mol. The summed E-state index contributed by atoms with van der Waals surface area (Å²) in [4.78, 5) is 26.8. The van der Waals surface area contributed by atoms with E-state index >= 15 is 0 Å². The molecule has 1 aliphatic carbocycles. The van der Waals surface area contributed by atoms with Crippen molar-refractivity contribution in [3.63, 3.8) is 0 Å². The molecule has 2 unspecified atom stereocenters. The molecule has 5 heteroatoms. The molecule has 110 valence electrons. The largest absolute Gasteiger partial charge is 0.391 e. The van der Waals surface area contributed by atoms with Crippen molar-refractivity contribution in [2.45, 2.75) is 37.8 Å². The Kier molecular flexibility index (Phi) is 3.75. The maximum atomic E-state index is 12.4. The standard InChI is InChI=1S/C16H18N2O3/c19-14-8-4-3-7-13(14)18-16(21)11-9-15(20)17-12-6-2-1-5-10(11)12/h1-2,5-6,9,13-14,19H,3-4,7-8H2,(H,17,20)(H,18,21). The van der Waals surface area contributed by atoms with E-state index in [2.05, 4.69) is 10.3 Å². The summed E-state index contributed by atoms with van der Waals surface area (Å²) in [6.45, 7) is 0. The van der Waals surface area contributed by atoms with Crippen LogP contribution in [0.4, 0.5) is 0 Å². The van der Waals surface area contributed by atoms with Gasteiger partial charge in [0.05, 0.1) is 17.7 Å². The molecule has 2 atom stereocenters. The lowest BCUT2D eigenvalue weighted by atomic mass is 9.92. The number of amides is 1. The molecule has 3 rings (SSSR count). The van der Waals surface area contributed by atoms with Gasteiger partial charge in [-0.05, 0) is 18.9 Å². The quantitative estimate of drug-likeness (QED) is 0.783. The first-order chi connectivity index (χ1) is 10.1. The molecule has 1 aromatic carbocycles. The molecule has 1 fully saturated rings. The van der Waals surface area contributed by atoms with Gasteiger partial charge in [0.25, 0.3) is 5.91 Å². The number of aliphatic hydroxyl groups is 1. The fourth-order valence-corrected chi connectivity index (χ4v) is 2.92. The lowest BCUT2D eigenvalue weighted by Crippen LogP contribution is -2.45. The number of para-hydroxylation sites is 1. The molecule has 1 amide bonds. The van der Waals surface area contributed by atoms with Gasteiger partial charge in [-0.25, -0.2) is 0 Å². The van der Waals surface area contributed by atoms with Crippen molar-refractivity contribution in [3.05, 3.63) is 46.2 Å². The van der Waals surface area contributed by atoms with Gasteiger partial charge in [0.1, 0.15) is 0 Å². The number of pyridine rings is 1. The van der Waals surface area contributed by atoms with E-state index in [1.165, 1.54) is 6.07 Å². The van der Waals surface area contributed by atoms with E-state index in [-0.39, 0.29) is 17.5 Å². The number of aromatic amines is 1. The van der Waals surface area contributed by atoms with Gasteiger partial charge in [-0.2, -0.15) is 0 Å². The molecule has 0 saturated heterocycles. The second-order valence-electron chi connectivity index (χ2n) is 5.52. The molecule has 0 radical (unpaired) electrons. The zero-order valence-corrected chi connectivity index (χ0v) is 11.6. The van der Waals surface area contributed by atoms with E-state index in [0.717, 1.165) is 19.3 Å².